The maximum atomic E-state index is 12.3. The van der Waals surface area contributed by atoms with Gasteiger partial charge in [-0.05, 0) is 31.4 Å². The number of hydrogen-bond acceptors (Lipinski definition) is 4. The summed E-state index contributed by atoms with van der Waals surface area (Å²) in [4.78, 5) is 35.4. The third-order valence-electron chi connectivity index (χ3n) is 3.29. The van der Waals surface area contributed by atoms with Crippen molar-refractivity contribution in [2.24, 2.45) is 11.7 Å². The monoisotopic (exact) mass is 306 g/mol. The van der Waals surface area contributed by atoms with Crippen molar-refractivity contribution in [2.45, 2.75) is 39.8 Å². The van der Waals surface area contributed by atoms with E-state index in [1.54, 1.807) is 26.0 Å². The normalized spacial score (nSPS) is 13.3. The largest absolute Gasteiger partial charge is 0.451 e. The third kappa shape index (κ3) is 4.58. The summed E-state index contributed by atoms with van der Waals surface area (Å²) in [5.74, 6) is -1.97. The molecule has 1 rings (SSSR count). The predicted molar refractivity (Wildman–Crippen MR) is 82.0 cm³/mol. The summed E-state index contributed by atoms with van der Waals surface area (Å²) < 4.78 is 4.97. The van der Waals surface area contributed by atoms with E-state index in [0.29, 0.717) is 5.56 Å². The fraction of sp³-hybridized carbons (Fsp3) is 0.438. The summed E-state index contributed by atoms with van der Waals surface area (Å²) in [5, 5.41) is 2.65. The molecule has 3 N–H and O–H groups in total. The van der Waals surface area contributed by atoms with Gasteiger partial charge in [-0.3, -0.25) is 9.59 Å². The quantitative estimate of drug-likeness (QED) is 0.771. The van der Waals surface area contributed by atoms with Crippen LogP contribution in [0.1, 0.15) is 36.7 Å². The minimum Gasteiger partial charge on any atom is -0.451 e. The van der Waals surface area contributed by atoms with E-state index in [4.69, 9.17) is 10.5 Å². The van der Waals surface area contributed by atoms with Gasteiger partial charge in [-0.15, -0.1) is 0 Å². The molecule has 0 saturated heterocycles. The zero-order chi connectivity index (χ0) is 16.9. The molecule has 0 fully saturated rings. The minimum atomic E-state index is -1.04. The van der Waals surface area contributed by atoms with Gasteiger partial charge in [0.25, 0.3) is 11.8 Å². The first-order valence-electron chi connectivity index (χ1n) is 7.10. The summed E-state index contributed by atoms with van der Waals surface area (Å²) in [5.41, 5.74) is 6.37. The van der Waals surface area contributed by atoms with E-state index in [1.165, 1.54) is 6.92 Å². The maximum absolute atomic E-state index is 12.3. The molecule has 0 aromatic heterocycles. The smallest absolute Gasteiger partial charge is 0.329 e. The van der Waals surface area contributed by atoms with Crippen LogP contribution in [-0.4, -0.2) is 29.9 Å². The molecule has 0 bridgehead atoms. The second-order valence-corrected chi connectivity index (χ2v) is 5.49. The van der Waals surface area contributed by atoms with E-state index in [9.17, 15) is 14.4 Å². The summed E-state index contributed by atoms with van der Waals surface area (Å²) in [7, 11) is 0. The van der Waals surface area contributed by atoms with Gasteiger partial charge in [-0.2, -0.15) is 0 Å². The van der Waals surface area contributed by atoms with Crippen LogP contribution < -0.4 is 11.1 Å². The summed E-state index contributed by atoms with van der Waals surface area (Å²) >= 11 is 0. The molecule has 22 heavy (non-hydrogen) atoms. The van der Waals surface area contributed by atoms with Crippen LogP contribution in [0.5, 0.6) is 0 Å². The number of hydrogen-bond donors (Lipinski definition) is 2. The van der Waals surface area contributed by atoms with Gasteiger partial charge in [-0.25, -0.2) is 4.79 Å². The zero-order valence-electron chi connectivity index (χ0n) is 13.3. The average molecular weight is 306 g/mol. The Bertz CT molecular complexity index is 569. The molecule has 0 spiro atoms. The van der Waals surface area contributed by atoms with Crippen molar-refractivity contribution in [3.8, 4) is 0 Å². The highest BCUT2D eigenvalue weighted by Gasteiger charge is 2.28. The molecule has 0 aliphatic heterocycles. The van der Waals surface area contributed by atoms with Crippen LogP contribution in [0.2, 0.25) is 0 Å². The molecule has 0 saturated carbocycles. The number of ether oxygens (including phenoxy) is 1. The number of esters is 1. The van der Waals surface area contributed by atoms with Crippen LogP contribution >= 0.6 is 0 Å². The summed E-state index contributed by atoms with van der Waals surface area (Å²) in [6.45, 7) is 6.76. The lowest BCUT2D eigenvalue weighted by Gasteiger charge is -2.22. The van der Waals surface area contributed by atoms with Gasteiger partial charge in [0.05, 0.1) is 0 Å². The number of carbonyl (C=O) groups is 3. The first kappa shape index (κ1) is 17.7. The molecular weight excluding hydrogens is 284 g/mol. The molecule has 0 aliphatic carbocycles. The molecule has 120 valence electrons. The Balaban J connectivity index is 2.84. The molecule has 1 aromatic rings. The summed E-state index contributed by atoms with van der Waals surface area (Å²) in [6, 6.07) is 6.22. The lowest BCUT2D eigenvalue weighted by atomic mass is 10.0. The van der Waals surface area contributed by atoms with Gasteiger partial charge < -0.3 is 15.8 Å². The van der Waals surface area contributed by atoms with Crippen molar-refractivity contribution in [1.82, 2.24) is 5.32 Å². The number of aryl methyl sites for hydroxylation is 1. The predicted octanol–water partition coefficient (Wildman–Crippen LogP) is 1.17. The maximum Gasteiger partial charge on any atom is 0.329 e. The zero-order valence-corrected chi connectivity index (χ0v) is 13.3. The van der Waals surface area contributed by atoms with E-state index in [1.807, 2.05) is 19.1 Å². The van der Waals surface area contributed by atoms with Gasteiger partial charge in [0.1, 0.15) is 6.04 Å². The lowest BCUT2D eigenvalue weighted by Crippen LogP contribution is -2.47. The minimum absolute atomic E-state index is 0.194. The topological polar surface area (TPSA) is 98.5 Å². The molecule has 0 unspecified atom stereocenters. The second-order valence-electron chi connectivity index (χ2n) is 5.49. The highest BCUT2D eigenvalue weighted by atomic mass is 16.5. The average Bonchev–Trinajstić information content (AvgIpc) is 2.44. The van der Waals surface area contributed by atoms with E-state index in [-0.39, 0.29) is 11.8 Å². The molecule has 6 nitrogen and oxygen atoms in total. The van der Waals surface area contributed by atoms with Crippen LogP contribution in [0.25, 0.3) is 0 Å². The highest BCUT2D eigenvalue weighted by molar-refractivity contribution is 5.98. The Morgan fingerprint density at radius 3 is 2.23 bits per heavy atom. The van der Waals surface area contributed by atoms with Crippen molar-refractivity contribution in [3.63, 3.8) is 0 Å². The number of nitrogens with two attached hydrogens (primary N) is 1. The molecule has 0 aliphatic rings. The van der Waals surface area contributed by atoms with E-state index in [2.05, 4.69) is 5.32 Å². The number of rotatable bonds is 6. The standard InChI is InChI=1S/C16H22N2O4/c1-9(2)13(16(21)22-11(4)14(17)19)18-15(20)12-8-6-5-7-10(12)3/h5-9,11,13H,1-4H3,(H2,17,19)(H,18,20)/t11-,13+/m1/s1. The fourth-order valence-electron chi connectivity index (χ4n) is 1.85. The van der Waals surface area contributed by atoms with Crippen molar-refractivity contribution in [1.29, 1.82) is 0 Å². The molecule has 2 atom stereocenters. The van der Waals surface area contributed by atoms with Crippen LogP contribution in [0, 0.1) is 12.8 Å². The Morgan fingerprint density at radius 2 is 1.73 bits per heavy atom. The molecule has 0 heterocycles. The Hall–Kier alpha value is -2.37. The Labute approximate surface area is 130 Å². The first-order chi connectivity index (χ1) is 10.2. The van der Waals surface area contributed by atoms with Crippen molar-refractivity contribution >= 4 is 17.8 Å². The van der Waals surface area contributed by atoms with Crippen LogP contribution in [-0.2, 0) is 14.3 Å². The van der Waals surface area contributed by atoms with Crippen molar-refractivity contribution < 1.29 is 19.1 Å². The van der Waals surface area contributed by atoms with E-state index >= 15 is 0 Å². The van der Waals surface area contributed by atoms with Gasteiger partial charge in [0.15, 0.2) is 6.10 Å². The van der Waals surface area contributed by atoms with Gasteiger partial charge in [0.2, 0.25) is 0 Å². The summed E-state index contributed by atoms with van der Waals surface area (Å²) in [6.07, 6.45) is -1.04. The van der Waals surface area contributed by atoms with Crippen molar-refractivity contribution in [3.05, 3.63) is 35.4 Å². The Kier molecular flexibility index (Phi) is 6.10. The number of primary amides is 1. The highest BCUT2D eigenvalue weighted by Crippen LogP contribution is 2.10. The molecule has 2 amide bonds. The third-order valence-corrected chi connectivity index (χ3v) is 3.29. The van der Waals surface area contributed by atoms with Crippen LogP contribution in [0.3, 0.4) is 0 Å². The lowest BCUT2D eigenvalue weighted by molar-refractivity contribution is -0.156. The van der Waals surface area contributed by atoms with Gasteiger partial charge in [-0.1, -0.05) is 32.0 Å². The molecule has 6 heteroatoms. The second kappa shape index (κ2) is 7.59. The number of benzene rings is 1. The molecular formula is C16H22N2O4. The number of amides is 2. The SMILES string of the molecule is Cc1ccccc1C(=O)N[C@H](C(=O)O[C@H](C)C(N)=O)C(C)C. The van der Waals surface area contributed by atoms with Crippen LogP contribution in [0.15, 0.2) is 24.3 Å². The molecule has 1 aromatic carbocycles. The van der Waals surface area contributed by atoms with E-state index in [0.717, 1.165) is 5.56 Å². The number of nitrogens with one attached hydrogen (secondary N) is 1. The van der Waals surface area contributed by atoms with Gasteiger partial charge in [0, 0.05) is 5.56 Å². The van der Waals surface area contributed by atoms with E-state index < -0.39 is 24.0 Å². The van der Waals surface area contributed by atoms with Crippen molar-refractivity contribution in [2.75, 3.05) is 0 Å². The Morgan fingerprint density at radius 1 is 1.14 bits per heavy atom. The first-order valence-corrected chi connectivity index (χ1v) is 7.10. The van der Waals surface area contributed by atoms with Crippen LogP contribution in [0.4, 0.5) is 0 Å². The fourth-order valence-corrected chi connectivity index (χ4v) is 1.85. The molecule has 0 radical (unpaired) electrons. The van der Waals surface area contributed by atoms with Gasteiger partial charge >= 0.3 is 5.97 Å². The number of carbonyl (C=O) groups excluding carboxylic acids is 3.